The SMILES string of the molecule is CC(=O)N1CCN(C(=O)CN2CCC(C)(O)C2)CC1. The molecule has 0 bridgehead atoms. The first-order valence-electron chi connectivity index (χ1n) is 6.85. The Morgan fingerprint density at radius 3 is 2.16 bits per heavy atom. The third kappa shape index (κ3) is 3.67. The number of rotatable bonds is 2. The number of hydrogen-bond acceptors (Lipinski definition) is 4. The van der Waals surface area contributed by atoms with Crippen molar-refractivity contribution in [2.24, 2.45) is 0 Å². The van der Waals surface area contributed by atoms with Crippen LogP contribution in [0.25, 0.3) is 0 Å². The van der Waals surface area contributed by atoms with Crippen molar-refractivity contribution in [3.8, 4) is 0 Å². The molecule has 0 aromatic heterocycles. The quantitative estimate of drug-likeness (QED) is 0.708. The van der Waals surface area contributed by atoms with Gasteiger partial charge >= 0.3 is 0 Å². The van der Waals surface area contributed by atoms with Gasteiger partial charge in [-0.15, -0.1) is 0 Å². The second-order valence-electron chi connectivity index (χ2n) is 5.84. The van der Waals surface area contributed by atoms with E-state index in [0.29, 0.717) is 39.3 Å². The minimum Gasteiger partial charge on any atom is -0.389 e. The Bertz CT molecular complexity index is 362. The fourth-order valence-corrected chi connectivity index (χ4v) is 2.74. The predicted octanol–water partition coefficient (Wildman–Crippen LogP) is -0.866. The van der Waals surface area contributed by atoms with Crippen LogP contribution in [0.15, 0.2) is 0 Å². The molecule has 1 N–H and O–H groups in total. The summed E-state index contributed by atoms with van der Waals surface area (Å²) < 4.78 is 0. The van der Waals surface area contributed by atoms with Crippen molar-refractivity contribution < 1.29 is 14.7 Å². The van der Waals surface area contributed by atoms with Crippen LogP contribution in [0.1, 0.15) is 20.3 Å². The Morgan fingerprint density at radius 2 is 1.68 bits per heavy atom. The standard InChI is InChI=1S/C13H23N3O3/c1-11(17)15-5-7-16(8-6-15)12(18)9-14-4-3-13(2,19)10-14/h19H,3-10H2,1-2H3. The lowest BCUT2D eigenvalue weighted by Crippen LogP contribution is -2.52. The molecule has 2 aliphatic rings. The number of β-amino-alcohol motifs (C(OH)–C–C–N with tert-alkyl or cyclic N) is 1. The first-order valence-corrected chi connectivity index (χ1v) is 6.85. The van der Waals surface area contributed by atoms with E-state index < -0.39 is 5.60 Å². The fourth-order valence-electron chi connectivity index (χ4n) is 2.74. The van der Waals surface area contributed by atoms with Crippen LogP contribution < -0.4 is 0 Å². The number of carbonyl (C=O) groups excluding carboxylic acids is 2. The van der Waals surface area contributed by atoms with E-state index in [0.717, 1.165) is 13.0 Å². The largest absolute Gasteiger partial charge is 0.389 e. The summed E-state index contributed by atoms with van der Waals surface area (Å²) in [4.78, 5) is 28.9. The highest BCUT2D eigenvalue weighted by Gasteiger charge is 2.33. The Balaban J connectivity index is 1.77. The summed E-state index contributed by atoms with van der Waals surface area (Å²) in [6, 6.07) is 0. The van der Waals surface area contributed by atoms with Crippen LogP contribution in [0.3, 0.4) is 0 Å². The third-order valence-electron chi connectivity index (χ3n) is 3.97. The predicted molar refractivity (Wildman–Crippen MR) is 70.5 cm³/mol. The molecule has 0 saturated carbocycles. The van der Waals surface area contributed by atoms with Gasteiger partial charge in [0.05, 0.1) is 12.1 Å². The number of aliphatic hydroxyl groups is 1. The smallest absolute Gasteiger partial charge is 0.236 e. The minimum atomic E-state index is -0.659. The molecule has 1 atom stereocenters. The molecule has 2 amide bonds. The molecule has 1 unspecified atom stereocenters. The van der Waals surface area contributed by atoms with Gasteiger partial charge in [-0.2, -0.15) is 0 Å². The Labute approximate surface area is 114 Å². The molecule has 2 heterocycles. The van der Waals surface area contributed by atoms with Crippen LogP contribution in [0.2, 0.25) is 0 Å². The zero-order valence-corrected chi connectivity index (χ0v) is 11.8. The Morgan fingerprint density at radius 1 is 1.11 bits per heavy atom. The molecule has 0 radical (unpaired) electrons. The maximum atomic E-state index is 12.1. The van der Waals surface area contributed by atoms with E-state index in [9.17, 15) is 14.7 Å². The number of piperazine rings is 1. The molecule has 6 nitrogen and oxygen atoms in total. The van der Waals surface area contributed by atoms with Crippen LogP contribution in [-0.4, -0.2) is 83.0 Å². The van der Waals surface area contributed by atoms with Crippen molar-refractivity contribution in [3.63, 3.8) is 0 Å². The summed E-state index contributed by atoms with van der Waals surface area (Å²) in [7, 11) is 0. The van der Waals surface area contributed by atoms with Gasteiger partial charge in [-0.25, -0.2) is 0 Å². The maximum absolute atomic E-state index is 12.1. The van der Waals surface area contributed by atoms with Gasteiger partial charge < -0.3 is 14.9 Å². The maximum Gasteiger partial charge on any atom is 0.236 e. The molecule has 2 rings (SSSR count). The molecule has 6 heteroatoms. The van der Waals surface area contributed by atoms with E-state index in [1.54, 1.807) is 11.8 Å². The summed E-state index contributed by atoms with van der Waals surface area (Å²) in [5.74, 6) is 0.170. The van der Waals surface area contributed by atoms with E-state index in [1.807, 2.05) is 16.7 Å². The summed E-state index contributed by atoms with van der Waals surface area (Å²) in [6.07, 6.45) is 0.721. The van der Waals surface area contributed by atoms with Crippen LogP contribution in [0, 0.1) is 0 Å². The van der Waals surface area contributed by atoms with Crippen molar-refractivity contribution in [3.05, 3.63) is 0 Å². The topological polar surface area (TPSA) is 64.1 Å². The normalized spacial score (nSPS) is 28.8. The third-order valence-corrected chi connectivity index (χ3v) is 3.97. The Hall–Kier alpha value is -1.14. The van der Waals surface area contributed by atoms with Gasteiger partial charge in [0, 0.05) is 46.2 Å². The van der Waals surface area contributed by atoms with Gasteiger partial charge in [0.15, 0.2) is 0 Å². The van der Waals surface area contributed by atoms with Crippen molar-refractivity contribution in [2.45, 2.75) is 25.9 Å². The highest BCUT2D eigenvalue weighted by molar-refractivity contribution is 5.79. The van der Waals surface area contributed by atoms with Crippen LogP contribution in [0.4, 0.5) is 0 Å². The number of amides is 2. The fraction of sp³-hybridized carbons (Fsp3) is 0.846. The lowest BCUT2D eigenvalue weighted by Gasteiger charge is -2.35. The van der Waals surface area contributed by atoms with Crippen LogP contribution in [0.5, 0.6) is 0 Å². The van der Waals surface area contributed by atoms with E-state index in [1.165, 1.54) is 0 Å². The number of hydrogen-bond donors (Lipinski definition) is 1. The van der Waals surface area contributed by atoms with Gasteiger partial charge in [-0.1, -0.05) is 0 Å². The number of nitrogens with zero attached hydrogens (tertiary/aromatic N) is 3. The van der Waals surface area contributed by atoms with Crippen molar-refractivity contribution >= 4 is 11.8 Å². The number of likely N-dealkylation sites (tertiary alicyclic amines) is 1. The van der Waals surface area contributed by atoms with Gasteiger partial charge in [-0.3, -0.25) is 14.5 Å². The van der Waals surface area contributed by atoms with Crippen molar-refractivity contribution in [1.29, 1.82) is 0 Å². The Kier molecular flexibility index (Phi) is 4.10. The summed E-state index contributed by atoms with van der Waals surface area (Å²) in [5.41, 5.74) is -0.659. The van der Waals surface area contributed by atoms with E-state index in [-0.39, 0.29) is 11.8 Å². The molecule has 0 spiro atoms. The highest BCUT2D eigenvalue weighted by atomic mass is 16.3. The average Bonchev–Trinajstić information content (AvgIpc) is 2.68. The van der Waals surface area contributed by atoms with E-state index in [4.69, 9.17) is 0 Å². The summed E-state index contributed by atoms with van der Waals surface area (Å²) >= 11 is 0. The summed E-state index contributed by atoms with van der Waals surface area (Å²) in [6.45, 7) is 7.55. The van der Waals surface area contributed by atoms with Gasteiger partial charge in [0.1, 0.15) is 0 Å². The minimum absolute atomic E-state index is 0.0719. The molecule has 0 aromatic carbocycles. The molecular weight excluding hydrogens is 246 g/mol. The second kappa shape index (κ2) is 5.46. The lowest BCUT2D eigenvalue weighted by atomic mass is 10.1. The van der Waals surface area contributed by atoms with Gasteiger partial charge in [0.25, 0.3) is 0 Å². The highest BCUT2D eigenvalue weighted by Crippen LogP contribution is 2.20. The molecule has 108 valence electrons. The number of carbonyl (C=O) groups is 2. The molecule has 0 aromatic rings. The van der Waals surface area contributed by atoms with Crippen LogP contribution in [-0.2, 0) is 9.59 Å². The zero-order valence-electron chi connectivity index (χ0n) is 11.8. The second-order valence-corrected chi connectivity index (χ2v) is 5.84. The first-order chi connectivity index (χ1) is 8.87. The average molecular weight is 269 g/mol. The first kappa shape index (κ1) is 14.3. The van der Waals surface area contributed by atoms with E-state index in [2.05, 4.69) is 0 Å². The molecule has 2 saturated heterocycles. The van der Waals surface area contributed by atoms with Crippen molar-refractivity contribution in [1.82, 2.24) is 14.7 Å². The van der Waals surface area contributed by atoms with Crippen molar-refractivity contribution in [2.75, 3.05) is 45.8 Å². The van der Waals surface area contributed by atoms with Gasteiger partial charge in [-0.05, 0) is 13.3 Å². The van der Waals surface area contributed by atoms with Crippen LogP contribution >= 0.6 is 0 Å². The zero-order chi connectivity index (χ0) is 14.0. The summed E-state index contributed by atoms with van der Waals surface area (Å²) in [5, 5.41) is 9.87. The lowest BCUT2D eigenvalue weighted by molar-refractivity contribution is -0.139. The molecule has 0 aliphatic carbocycles. The monoisotopic (exact) mass is 269 g/mol. The van der Waals surface area contributed by atoms with E-state index >= 15 is 0 Å². The molecule has 19 heavy (non-hydrogen) atoms. The van der Waals surface area contributed by atoms with Gasteiger partial charge in [0.2, 0.25) is 11.8 Å². The molecule has 2 fully saturated rings. The molecule has 2 aliphatic heterocycles. The molecular formula is C13H23N3O3.